The Morgan fingerprint density at radius 1 is 1.32 bits per heavy atom. The van der Waals surface area contributed by atoms with Gasteiger partial charge in [-0.15, -0.1) is 0 Å². The Hall–Kier alpha value is -2.63. The number of aromatic nitrogens is 2. The van der Waals surface area contributed by atoms with Crippen molar-refractivity contribution < 1.29 is 14.7 Å². The molecular weight excluding hydrogens is 282 g/mol. The number of nitrogens with one attached hydrogen (secondary N) is 2. The van der Waals surface area contributed by atoms with Crippen molar-refractivity contribution in [1.82, 2.24) is 15.5 Å². The van der Waals surface area contributed by atoms with Gasteiger partial charge in [-0.05, 0) is 18.4 Å². The van der Waals surface area contributed by atoms with Crippen molar-refractivity contribution in [3.63, 3.8) is 0 Å². The van der Waals surface area contributed by atoms with E-state index in [1.807, 2.05) is 30.3 Å². The molecule has 2 aromatic rings. The smallest absolute Gasteiger partial charge is 0.326 e. The number of H-pyrrole nitrogens is 1. The molecule has 0 radical (unpaired) electrons. The standard InChI is InChI=1S/C16H17N3O3/c20-15(17-14(16(21)22)8-10-6-7-10)13-9-12(18-19-13)11-4-2-1-3-5-11/h1-5,9-10,14H,6-8H2,(H,17,20)(H,18,19)(H,21,22). The van der Waals surface area contributed by atoms with E-state index < -0.39 is 17.9 Å². The van der Waals surface area contributed by atoms with Gasteiger partial charge in [0.1, 0.15) is 11.7 Å². The van der Waals surface area contributed by atoms with E-state index in [0.717, 1.165) is 18.4 Å². The average Bonchev–Trinajstić information content (AvgIpc) is 3.20. The number of nitrogens with zero attached hydrogens (tertiary/aromatic N) is 1. The third kappa shape index (κ3) is 3.33. The SMILES string of the molecule is O=C(NC(CC1CC1)C(=O)O)c1cc(-c2ccccc2)n[nH]1. The van der Waals surface area contributed by atoms with Gasteiger partial charge in [0, 0.05) is 5.56 Å². The van der Waals surface area contributed by atoms with Crippen LogP contribution in [0.5, 0.6) is 0 Å². The van der Waals surface area contributed by atoms with Gasteiger partial charge < -0.3 is 10.4 Å². The molecule has 0 bridgehead atoms. The van der Waals surface area contributed by atoms with Crippen molar-refractivity contribution in [2.75, 3.05) is 0 Å². The minimum Gasteiger partial charge on any atom is -0.480 e. The Morgan fingerprint density at radius 3 is 2.68 bits per heavy atom. The number of carbonyl (C=O) groups is 2. The van der Waals surface area contributed by atoms with Gasteiger partial charge >= 0.3 is 5.97 Å². The number of hydrogen-bond donors (Lipinski definition) is 3. The number of carbonyl (C=O) groups excluding carboxylic acids is 1. The second-order valence-electron chi connectivity index (χ2n) is 5.58. The Morgan fingerprint density at radius 2 is 2.05 bits per heavy atom. The summed E-state index contributed by atoms with van der Waals surface area (Å²) in [6.07, 6.45) is 2.57. The number of benzene rings is 1. The minimum atomic E-state index is -0.997. The molecule has 0 aliphatic heterocycles. The van der Waals surface area contributed by atoms with E-state index in [-0.39, 0.29) is 5.69 Å². The van der Waals surface area contributed by atoms with Crippen LogP contribution in [0.3, 0.4) is 0 Å². The highest BCUT2D eigenvalue weighted by molar-refractivity contribution is 5.95. The fraction of sp³-hybridized carbons (Fsp3) is 0.312. The predicted molar refractivity (Wildman–Crippen MR) is 80.3 cm³/mol. The van der Waals surface area contributed by atoms with Crippen LogP contribution in [0.2, 0.25) is 0 Å². The Kier molecular flexibility index (Phi) is 3.91. The number of rotatable bonds is 6. The van der Waals surface area contributed by atoms with Crippen molar-refractivity contribution in [2.45, 2.75) is 25.3 Å². The van der Waals surface area contributed by atoms with Crippen LogP contribution < -0.4 is 5.32 Å². The molecule has 114 valence electrons. The topological polar surface area (TPSA) is 95.1 Å². The molecule has 6 nitrogen and oxygen atoms in total. The van der Waals surface area contributed by atoms with Crippen LogP contribution in [0.4, 0.5) is 0 Å². The van der Waals surface area contributed by atoms with E-state index in [1.165, 1.54) is 0 Å². The molecule has 1 aliphatic rings. The quantitative estimate of drug-likeness (QED) is 0.761. The van der Waals surface area contributed by atoms with Gasteiger partial charge in [0.25, 0.3) is 5.91 Å². The summed E-state index contributed by atoms with van der Waals surface area (Å²) in [6, 6.07) is 10.2. The van der Waals surface area contributed by atoms with Gasteiger partial charge in [-0.2, -0.15) is 5.10 Å². The summed E-state index contributed by atoms with van der Waals surface area (Å²) >= 11 is 0. The van der Waals surface area contributed by atoms with Crippen molar-refractivity contribution >= 4 is 11.9 Å². The number of aromatic amines is 1. The zero-order valence-corrected chi connectivity index (χ0v) is 12.0. The molecule has 3 rings (SSSR count). The summed E-state index contributed by atoms with van der Waals surface area (Å²) < 4.78 is 0. The summed E-state index contributed by atoms with van der Waals surface area (Å²) in [5.41, 5.74) is 1.81. The summed E-state index contributed by atoms with van der Waals surface area (Å²) in [5.74, 6) is -1.02. The van der Waals surface area contributed by atoms with Gasteiger partial charge in [-0.3, -0.25) is 9.89 Å². The van der Waals surface area contributed by atoms with E-state index >= 15 is 0 Å². The molecule has 1 aromatic carbocycles. The molecule has 22 heavy (non-hydrogen) atoms. The van der Waals surface area contributed by atoms with E-state index in [2.05, 4.69) is 15.5 Å². The second-order valence-corrected chi connectivity index (χ2v) is 5.58. The number of amides is 1. The molecule has 0 saturated heterocycles. The molecular formula is C16H17N3O3. The lowest BCUT2D eigenvalue weighted by atomic mass is 10.1. The van der Waals surface area contributed by atoms with E-state index in [9.17, 15) is 14.7 Å². The van der Waals surface area contributed by atoms with Crippen LogP contribution in [0.15, 0.2) is 36.4 Å². The van der Waals surface area contributed by atoms with Gasteiger partial charge in [0.15, 0.2) is 0 Å². The average molecular weight is 299 g/mol. The summed E-state index contributed by atoms with van der Waals surface area (Å²) in [5, 5.41) is 18.5. The highest BCUT2D eigenvalue weighted by Crippen LogP contribution is 2.33. The van der Waals surface area contributed by atoms with Crippen molar-refractivity contribution in [3.05, 3.63) is 42.1 Å². The van der Waals surface area contributed by atoms with Gasteiger partial charge in [0.2, 0.25) is 0 Å². The fourth-order valence-electron chi connectivity index (χ4n) is 2.34. The first-order valence-electron chi connectivity index (χ1n) is 7.28. The van der Waals surface area contributed by atoms with E-state index in [1.54, 1.807) is 6.07 Å². The highest BCUT2D eigenvalue weighted by Gasteiger charge is 2.30. The Bertz CT molecular complexity index is 677. The Balaban J connectivity index is 1.69. The minimum absolute atomic E-state index is 0.265. The number of hydrogen-bond acceptors (Lipinski definition) is 3. The largest absolute Gasteiger partial charge is 0.480 e. The first kappa shape index (κ1) is 14.3. The molecule has 0 spiro atoms. The lowest BCUT2D eigenvalue weighted by Crippen LogP contribution is -2.41. The molecule has 1 amide bonds. The monoisotopic (exact) mass is 299 g/mol. The van der Waals surface area contributed by atoms with Crippen molar-refractivity contribution in [3.8, 4) is 11.3 Å². The number of carboxylic acids is 1. The molecule has 1 unspecified atom stereocenters. The van der Waals surface area contributed by atoms with Crippen molar-refractivity contribution in [2.24, 2.45) is 5.92 Å². The second kappa shape index (κ2) is 6.01. The van der Waals surface area contributed by atoms with Crippen LogP contribution in [0.1, 0.15) is 29.8 Å². The molecule has 1 saturated carbocycles. The van der Waals surface area contributed by atoms with Crippen LogP contribution in [-0.2, 0) is 4.79 Å². The van der Waals surface area contributed by atoms with Crippen LogP contribution >= 0.6 is 0 Å². The maximum atomic E-state index is 12.2. The predicted octanol–water partition coefficient (Wildman–Crippen LogP) is 2.06. The zero-order valence-electron chi connectivity index (χ0n) is 12.0. The van der Waals surface area contributed by atoms with Crippen LogP contribution in [-0.4, -0.2) is 33.2 Å². The lowest BCUT2D eigenvalue weighted by molar-refractivity contribution is -0.139. The van der Waals surface area contributed by atoms with Crippen LogP contribution in [0, 0.1) is 5.92 Å². The number of carboxylic acid groups (broad SMARTS) is 1. The maximum Gasteiger partial charge on any atom is 0.326 e. The van der Waals surface area contributed by atoms with Crippen molar-refractivity contribution in [1.29, 1.82) is 0 Å². The highest BCUT2D eigenvalue weighted by atomic mass is 16.4. The van der Waals surface area contributed by atoms with Gasteiger partial charge in [-0.1, -0.05) is 43.2 Å². The third-order valence-corrected chi connectivity index (χ3v) is 3.76. The third-order valence-electron chi connectivity index (χ3n) is 3.76. The summed E-state index contributed by atoms with van der Waals surface area (Å²) in [4.78, 5) is 23.4. The Labute approximate surface area is 127 Å². The van der Waals surface area contributed by atoms with E-state index in [0.29, 0.717) is 18.0 Å². The van der Waals surface area contributed by atoms with E-state index in [4.69, 9.17) is 0 Å². The summed E-state index contributed by atoms with van der Waals surface area (Å²) in [6.45, 7) is 0. The molecule has 1 atom stereocenters. The molecule has 1 aromatic heterocycles. The zero-order chi connectivity index (χ0) is 15.5. The van der Waals surface area contributed by atoms with Gasteiger partial charge in [0.05, 0.1) is 5.69 Å². The van der Waals surface area contributed by atoms with Crippen LogP contribution in [0.25, 0.3) is 11.3 Å². The molecule has 6 heteroatoms. The molecule has 1 heterocycles. The lowest BCUT2D eigenvalue weighted by Gasteiger charge is -2.12. The maximum absolute atomic E-state index is 12.2. The first-order chi connectivity index (χ1) is 10.6. The molecule has 1 aliphatic carbocycles. The fourth-order valence-corrected chi connectivity index (χ4v) is 2.34. The first-order valence-corrected chi connectivity index (χ1v) is 7.28. The van der Waals surface area contributed by atoms with Gasteiger partial charge in [-0.25, -0.2) is 4.79 Å². The number of aliphatic carboxylic acids is 1. The molecule has 1 fully saturated rings. The molecule has 3 N–H and O–H groups in total. The normalized spacial score (nSPS) is 15.3. The summed E-state index contributed by atoms with van der Waals surface area (Å²) in [7, 11) is 0.